The molecule has 0 aromatic heterocycles. The standard InChI is InChI=1S/C13H21NO/c1-6-13(4,14)12-10(3)7-9(2)8-11(12)15-5/h7-8H,6,14H2,1-5H3. The van der Waals surface area contributed by atoms with Crippen molar-refractivity contribution in [2.24, 2.45) is 5.73 Å². The summed E-state index contributed by atoms with van der Waals surface area (Å²) in [5.41, 5.74) is 9.51. The summed E-state index contributed by atoms with van der Waals surface area (Å²) in [7, 11) is 1.70. The van der Waals surface area contributed by atoms with Crippen LogP contribution in [0.2, 0.25) is 0 Å². The lowest BCUT2D eigenvalue weighted by Gasteiger charge is -2.28. The largest absolute Gasteiger partial charge is 0.496 e. The zero-order chi connectivity index (χ0) is 11.6. The van der Waals surface area contributed by atoms with Crippen molar-refractivity contribution in [1.82, 2.24) is 0 Å². The first-order valence-electron chi connectivity index (χ1n) is 5.37. The van der Waals surface area contributed by atoms with Gasteiger partial charge in [0.2, 0.25) is 0 Å². The smallest absolute Gasteiger partial charge is 0.124 e. The van der Waals surface area contributed by atoms with Gasteiger partial charge in [-0.3, -0.25) is 0 Å². The van der Waals surface area contributed by atoms with E-state index in [2.05, 4.69) is 26.8 Å². The Morgan fingerprint density at radius 1 is 1.33 bits per heavy atom. The molecule has 2 nitrogen and oxygen atoms in total. The summed E-state index contributed by atoms with van der Waals surface area (Å²) in [4.78, 5) is 0. The maximum atomic E-state index is 6.28. The highest BCUT2D eigenvalue weighted by Crippen LogP contribution is 2.34. The van der Waals surface area contributed by atoms with Gasteiger partial charge in [0.05, 0.1) is 7.11 Å². The van der Waals surface area contributed by atoms with Crippen molar-refractivity contribution in [2.75, 3.05) is 7.11 Å². The monoisotopic (exact) mass is 207 g/mol. The molecule has 0 radical (unpaired) electrons. The number of hydrogen-bond acceptors (Lipinski definition) is 2. The van der Waals surface area contributed by atoms with Crippen molar-refractivity contribution < 1.29 is 4.74 Å². The van der Waals surface area contributed by atoms with Crippen LogP contribution in [0, 0.1) is 13.8 Å². The Balaban J connectivity index is 3.39. The lowest BCUT2D eigenvalue weighted by atomic mass is 9.86. The van der Waals surface area contributed by atoms with E-state index in [9.17, 15) is 0 Å². The molecule has 1 atom stereocenters. The molecule has 84 valence electrons. The molecule has 1 aromatic carbocycles. The summed E-state index contributed by atoms with van der Waals surface area (Å²) < 4.78 is 5.42. The van der Waals surface area contributed by atoms with Crippen LogP contribution in [0.3, 0.4) is 0 Å². The third-order valence-corrected chi connectivity index (χ3v) is 2.97. The molecule has 0 aliphatic rings. The summed E-state index contributed by atoms with van der Waals surface area (Å²) in [5.74, 6) is 0.902. The van der Waals surface area contributed by atoms with Gasteiger partial charge in [0.1, 0.15) is 5.75 Å². The second kappa shape index (κ2) is 4.23. The predicted molar refractivity (Wildman–Crippen MR) is 64.3 cm³/mol. The predicted octanol–water partition coefficient (Wildman–Crippen LogP) is 2.90. The van der Waals surface area contributed by atoms with Gasteiger partial charge in [0, 0.05) is 11.1 Å². The molecule has 0 bridgehead atoms. The number of methoxy groups -OCH3 is 1. The van der Waals surface area contributed by atoms with Crippen LogP contribution in [0.1, 0.15) is 37.0 Å². The van der Waals surface area contributed by atoms with Gasteiger partial charge in [-0.05, 0) is 44.4 Å². The van der Waals surface area contributed by atoms with E-state index in [0.717, 1.165) is 17.7 Å². The quantitative estimate of drug-likeness (QED) is 0.827. The van der Waals surface area contributed by atoms with E-state index in [1.54, 1.807) is 7.11 Å². The van der Waals surface area contributed by atoms with Crippen LogP contribution in [0.15, 0.2) is 12.1 Å². The number of hydrogen-bond donors (Lipinski definition) is 1. The Labute approximate surface area is 92.4 Å². The molecule has 0 aliphatic heterocycles. The molecule has 0 saturated carbocycles. The number of benzene rings is 1. The molecule has 2 N–H and O–H groups in total. The van der Waals surface area contributed by atoms with Crippen LogP contribution < -0.4 is 10.5 Å². The van der Waals surface area contributed by atoms with Crippen molar-refractivity contribution >= 4 is 0 Å². The minimum Gasteiger partial charge on any atom is -0.496 e. The van der Waals surface area contributed by atoms with Crippen molar-refractivity contribution in [3.05, 3.63) is 28.8 Å². The summed E-state index contributed by atoms with van der Waals surface area (Å²) in [6, 6.07) is 4.20. The van der Waals surface area contributed by atoms with Gasteiger partial charge in [-0.25, -0.2) is 0 Å². The first-order chi connectivity index (χ1) is 6.92. The highest BCUT2D eigenvalue weighted by Gasteiger charge is 2.25. The minimum absolute atomic E-state index is 0.316. The fourth-order valence-corrected chi connectivity index (χ4v) is 2.00. The number of ether oxygens (including phenoxy) is 1. The number of nitrogens with two attached hydrogens (primary N) is 1. The van der Waals surface area contributed by atoms with Crippen molar-refractivity contribution in [3.63, 3.8) is 0 Å². The topological polar surface area (TPSA) is 35.2 Å². The molecule has 0 heterocycles. The van der Waals surface area contributed by atoms with Crippen molar-refractivity contribution in [3.8, 4) is 5.75 Å². The van der Waals surface area contributed by atoms with Gasteiger partial charge < -0.3 is 10.5 Å². The Morgan fingerprint density at radius 3 is 2.40 bits per heavy atom. The Kier molecular flexibility index (Phi) is 3.40. The molecule has 1 aromatic rings. The third kappa shape index (κ3) is 2.32. The van der Waals surface area contributed by atoms with Gasteiger partial charge in [0.25, 0.3) is 0 Å². The van der Waals surface area contributed by atoms with Crippen LogP contribution in [0.5, 0.6) is 5.75 Å². The summed E-state index contributed by atoms with van der Waals surface area (Å²) in [6.45, 7) is 8.30. The Hall–Kier alpha value is -1.02. The number of aryl methyl sites for hydroxylation is 2. The third-order valence-electron chi connectivity index (χ3n) is 2.97. The van der Waals surface area contributed by atoms with Crippen LogP contribution in [-0.2, 0) is 5.54 Å². The first kappa shape index (κ1) is 12.1. The van der Waals surface area contributed by atoms with Gasteiger partial charge in [-0.2, -0.15) is 0 Å². The number of rotatable bonds is 3. The molecule has 15 heavy (non-hydrogen) atoms. The highest BCUT2D eigenvalue weighted by atomic mass is 16.5. The second-order valence-corrected chi connectivity index (χ2v) is 4.43. The van der Waals surface area contributed by atoms with Gasteiger partial charge in [-0.1, -0.05) is 13.0 Å². The van der Waals surface area contributed by atoms with Gasteiger partial charge in [0.15, 0.2) is 0 Å². The van der Waals surface area contributed by atoms with E-state index in [0.29, 0.717) is 0 Å². The fraction of sp³-hybridized carbons (Fsp3) is 0.538. The average Bonchev–Trinajstić information content (AvgIpc) is 2.15. The van der Waals surface area contributed by atoms with Crippen LogP contribution in [-0.4, -0.2) is 7.11 Å². The molecule has 0 amide bonds. The van der Waals surface area contributed by atoms with Crippen molar-refractivity contribution in [2.45, 2.75) is 39.7 Å². The van der Waals surface area contributed by atoms with Crippen molar-refractivity contribution in [1.29, 1.82) is 0 Å². The Morgan fingerprint density at radius 2 is 1.93 bits per heavy atom. The maximum absolute atomic E-state index is 6.28. The zero-order valence-corrected chi connectivity index (χ0v) is 10.3. The van der Waals surface area contributed by atoms with Crippen LogP contribution in [0.25, 0.3) is 0 Å². The summed E-state index contributed by atoms with van der Waals surface area (Å²) >= 11 is 0. The molecule has 0 fully saturated rings. The van der Waals surface area contributed by atoms with Crippen LogP contribution in [0.4, 0.5) is 0 Å². The molecule has 0 aliphatic carbocycles. The van der Waals surface area contributed by atoms with E-state index >= 15 is 0 Å². The molecular formula is C13H21NO. The minimum atomic E-state index is -0.316. The summed E-state index contributed by atoms with van der Waals surface area (Å²) in [6.07, 6.45) is 0.896. The average molecular weight is 207 g/mol. The SMILES string of the molecule is CCC(C)(N)c1c(C)cc(C)cc1OC. The molecule has 0 saturated heterocycles. The zero-order valence-electron chi connectivity index (χ0n) is 10.3. The van der Waals surface area contributed by atoms with E-state index in [-0.39, 0.29) is 5.54 Å². The van der Waals surface area contributed by atoms with E-state index in [1.165, 1.54) is 11.1 Å². The van der Waals surface area contributed by atoms with E-state index in [4.69, 9.17) is 10.5 Å². The lowest BCUT2D eigenvalue weighted by molar-refractivity contribution is 0.382. The lowest BCUT2D eigenvalue weighted by Crippen LogP contribution is -2.33. The van der Waals surface area contributed by atoms with Gasteiger partial charge in [-0.15, -0.1) is 0 Å². The maximum Gasteiger partial charge on any atom is 0.124 e. The Bertz CT molecular complexity index is 356. The van der Waals surface area contributed by atoms with Gasteiger partial charge >= 0.3 is 0 Å². The fourth-order valence-electron chi connectivity index (χ4n) is 2.00. The first-order valence-corrected chi connectivity index (χ1v) is 5.37. The summed E-state index contributed by atoms with van der Waals surface area (Å²) in [5, 5.41) is 0. The molecule has 1 rings (SSSR count). The van der Waals surface area contributed by atoms with E-state index < -0.39 is 0 Å². The molecule has 1 unspecified atom stereocenters. The molecular weight excluding hydrogens is 186 g/mol. The second-order valence-electron chi connectivity index (χ2n) is 4.43. The molecule has 0 spiro atoms. The van der Waals surface area contributed by atoms with E-state index in [1.807, 2.05) is 13.0 Å². The van der Waals surface area contributed by atoms with Crippen LogP contribution >= 0.6 is 0 Å². The normalized spacial score (nSPS) is 14.8. The molecule has 2 heteroatoms. The highest BCUT2D eigenvalue weighted by molar-refractivity contribution is 5.46.